The summed E-state index contributed by atoms with van der Waals surface area (Å²) in [5, 5.41) is 7.90. The van der Waals surface area contributed by atoms with Crippen LogP contribution in [0.4, 0.5) is 0 Å². The van der Waals surface area contributed by atoms with Crippen molar-refractivity contribution in [2.24, 2.45) is 17.4 Å². The second-order valence-electron chi connectivity index (χ2n) is 3.73. The fourth-order valence-electron chi connectivity index (χ4n) is 1.72. The molecule has 0 radical (unpaired) electrons. The lowest BCUT2D eigenvalue weighted by Crippen LogP contribution is -2.38. The Kier molecular flexibility index (Phi) is 2.28. The first-order valence-corrected chi connectivity index (χ1v) is 4.62. The van der Waals surface area contributed by atoms with Gasteiger partial charge in [-0.05, 0) is 18.8 Å². The van der Waals surface area contributed by atoms with E-state index in [1.165, 1.54) is 0 Å². The number of nitrogens with zero attached hydrogens (tertiary/aromatic N) is 3. The van der Waals surface area contributed by atoms with Crippen LogP contribution in [0.25, 0.3) is 0 Å². The monoisotopic (exact) mass is 181 g/mol. The number of rotatable bonds is 3. The maximum Gasteiger partial charge on any atom is 0.0962 e. The largest absolute Gasteiger partial charge is 0.328 e. The van der Waals surface area contributed by atoms with Gasteiger partial charge in [0.15, 0.2) is 0 Å². The van der Waals surface area contributed by atoms with Crippen LogP contribution in [0.3, 0.4) is 0 Å². The van der Waals surface area contributed by atoms with Crippen LogP contribution in [-0.4, -0.2) is 21.0 Å². The molecule has 4 N–H and O–H groups in total. The normalized spacial score (nSPS) is 27.2. The molecule has 0 aromatic carbocycles. The molecule has 0 bridgehead atoms. The van der Waals surface area contributed by atoms with Gasteiger partial charge in [0.2, 0.25) is 0 Å². The summed E-state index contributed by atoms with van der Waals surface area (Å²) in [5.74, 6) is 0.683. The van der Waals surface area contributed by atoms with E-state index in [0.717, 1.165) is 25.1 Å². The average molecular weight is 181 g/mol. The van der Waals surface area contributed by atoms with Crippen LogP contribution in [0.5, 0.6) is 0 Å². The highest BCUT2D eigenvalue weighted by Gasteiger charge is 2.26. The summed E-state index contributed by atoms with van der Waals surface area (Å²) >= 11 is 0. The number of hydrogen-bond acceptors (Lipinski definition) is 4. The van der Waals surface area contributed by atoms with Crippen LogP contribution in [-0.2, 0) is 13.1 Å². The summed E-state index contributed by atoms with van der Waals surface area (Å²) in [6, 6.07) is 0.405. The third-order valence-electron chi connectivity index (χ3n) is 2.51. The average Bonchev–Trinajstić information content (AvgIpc) is 2.50. The van der Waals surface area contributed by atoms with E-state index < -0.39 is 0 Å². The molecule has 5 nitrogen and oxygen atoms in total. The van der Waals surface area contributed by atoms with Gasteiger partial charge in [-0.25, -0.2) is 0 Å². The lowest BCUT2D eigenvalue weighted by atomic mass is 9.81. The molecule has 1 fully saturated rings. The van der Waals surface area contributed by atoms with Gasteiger partial charge < -0.3 is 11.5 Å². The molecule has 1 heterocycles. The van der Waals surface area contributed by atoms with Crippen molar-refractivity contribution in [2.75, 3.05) is 0 Å². The van der Waals surface area contributed by atoms with E-state index >= 15 is 0 Å². The highest BCUT2D eigenvalue weighted by atomic mass is 15.4. The molecular weight excluding hydrogens is 166 g/mol. The summed E-state index contributed by atoms with van der Waals surface area (Å²) in [5.41, 5.74) is 12.0. The minimum atomic E-state index is 0.405. The van der Waals surface area contributed by atoms with E-state index in [2.05, 4.69) is 10.3 Å². The van der Waals surface area contributed by atoms with Crippen LogP contribution in [0.2, 0.25) is 0 Å². The fraction of sp³-hybridized carbons (Fsp3) is 0.750. The Balaban J connectivity index is 1.87. The number of hydrogen-bond donors (Lipinski definition) is 2. The molecule has 0 amide bonds. The molecule has 2 rings (SSSR count). The van der Waals surface area contributed by atoms with Crippen LogP contribution in [0.1, 0.15) is 18.5 Å². The van der Waals surface area contributed by atoms with Crippen molar-refractivity contribution < 1.29 is 0 Å². The topological polar surface area (TPSA) is 82.8 Å². The van der Waals surface area contributed by atoms with E-state index in [0.29, 0.717) is 18.5 Å². The minimum Gasteiger partial charge on any atom is -0.328 e. The Hall–Kier alpha value is -0.940. The van der Waals surface area contributed by atoms with Gasteiger partial charge in [-0.15, -0.1) is 5.10 Å². The van der Waals surface area contributed by atoms with Gasteiger partial charge in [0, 0.05) is 25.3 Å². The van der Waals surface area contributed by atoms with E-state index in [4.69, 9.17) is 11.5 Å². The molecule has 13 heavy (non-hydrogen) atoms. The lowest BCUT2D eigenvalue weighted by Gasteiger charge is -2.31. The van der Waals surface area contributed by atoms with E-state index in [-0.39, 0.29) is 0 Å². The Morgan fingerprint density at radius 2 is 2.31 bits per heavy atom. The molecule has 72 valence electrons. The molecule has 1 aliphatic carbocycles. The predicted octanol–water partition coefficient (Wildman–Crippen LogP) is -0.526. The molecule has 0 spiro atoms. The molecule has 1 aromatic rings. The van der Waals surface area contributed by atoms with Crippen molar-refractivity contribution in [2.45, 2.75) is 32.0 Å². The third-order valence-corrected chi connectivity index (χ3v) is 2.51. The zero-order valence-corrected chi connectivity index (χ0v) is 7.56. The van der Waals surface area contributed by atoms with E-state index in [1.807, 2.05) is 10.9 Å². The first-order chi connectivity index (χ1) is 6.28. The van der Waals surface area contributed by atoms with Crippen LogP contribution in [0.15, 0.2) is 6.20 Å². The lowest BCUT2D eigenvalue weighted by molar-refractivity contribution is 0.225. The van der Waals surface area contributed by atoms with Crippen molar-refractivity contribution in [1.29, 1.82) is 0 Å². The van der Waals surface area contributed by atoms with Gasteiger partial charge in [-0.3, -0.25) is 4.68 Å². The maximum absolute atomic E-state index is 5.69. The zero-order valence-electron chi connectivity index (χ0n) is 7.56. The SMILES string of the molecule is NCc1cn(CC2CC(N)C2)nn1. The van der Waals surface area contributed by atoms with Gasteiger partial charge in [-0.2, -0.15) is 0 Å². The molecule has 1 saturated carbocycles. The number of aromatic nitrogens is 3. The Labute approximate surface area is 77.1 Å². The van der Waals surface area contributed by atoms with Gasteiger partial charge in [0.05, 0.1) is 5.69 Å². The fourth-order valence-corrected chi connectivity index (χ4v) is 1.72. The molecule has 0 unspecified atom stereocenters. The smallest absolute Gasteiger partial charge is 0.0962 e. The molecular formula is C8H15N5. The summed E-state index contributed by atoms with van der Waals surface area (Å²) < 4.78 is 1.86. The van der Waals surface area contributed by atoms with Crippen molar-refractivity contribution in [1.82, 2.24) is 15.0 Å². The Morgan fingerprint density at radius 1 is 1.54 bits per heavy atom. The van der Waals surface area contributed by atoms with E-state index in [1.54, 1.807) is 0 Å². The van der Waals surface area contributed by atoms with E-state index in [9.17, 15) is 0 Å². The summed E-state index contributed by atoms with van der Waals surface area (Å²) in [6.45, 7) is 1.39. The quantitative estimate of drug-likeness (QED) is 0.657. The summed E-state index contributed by atoms with van der Waals surface area (Å²) in [6.07, 6.45) is 4.12. The van der Waals surface area contributed by atoms with Crippen molar-refractivity contribution in [3.8, 4) is 0 Å². The first-order valence-electron chi connectivity index (χ1n) is 4.62. The second kappa shape index (κ2) is 3.43. The maximum atomic E-state index is 5.69. The predicted molar refractivity (Wildman–Crippen MR) is 48.6 cm³/mol. The second-order valence-corrected chi connectivity index (χ2v) is 3.73. The molecule has 1 aliphatic rings. The van der Waals surface area contributed by atoms with Crippen LogP contribution < -0.4 is 11.5 Å². The van der Waals surface area contributed by atoms with Gasteiger partial charge >= 0.3 is 0 Å². The molecule has 1 aromatic heterocycles. The van der Waals surface area contributed by atoms with Gasteiger partial charge in [0.25, 0.3) is 0 Å². The third kappa shape index (κ3) is 1.87. The highest BCUT2D eigenvalue weighted by Crippen LogP contribution is 2.26. The highest BCUT2D eigenvalue weighted by molar-refractivity contribution is 4.91. The van der Waals surface area contributed by atoms with Gasteiger partial charge in [-0.1, -0.05) is 5.21 Å². The standard InChI is InChI=1S/C8H15N5/c9-3-8-5-13(12-11-8)4-6-1-7(10)2-6/h5-7H,1-4,9-10H2. The van der Waals surface area contributed by atoms with Crippen molar-refractivity contribution in [3.05, 3.63) is 11.9 Å². The van der Waals surface area contributed by atoms with Crippen LogP contribution >= 0.6 is 0 Å². The van der Waals surface area contributed by atoms with Crippen LogP contribution in [0, 0.1) is 5.92 Å². The molecule has 0 saturated heterocycles. The van der Waals surface area contributed by atoms with Crippen molar-refractivity contribution >= 4 is 0 Å². The summed E-state index contributed by atoms with van der Waals surface area (Å²) in [7, 11) is 0. The Bertz CT molecular complexity index is 276. The number of nitrogens with two attached hydrogens (primary N) is 2. The van der Waals surface area contributed by atoms with Crippen molar-refractivity contribution in [3.63, 3.8) is 0 Å². The zero-order chi connectivity index (χ0) is 9.26. The van der Waals surface area contributed by atoms with Gasteiger partial charge in [0.1, 0.15) is 0 Å². The molecule has 0 aliphatic heterocycles. The summed E-state index contributed by atoms with van der Waals surface area (Å²) in [4.78, 5) is 0. The Morgan fingerprint density at radius 3 is 2.85 bits per heavy atom. The first kappa shape index (κ1) is 8.65. The molecule has 5 heteroatoms. The molecule has 0 atom stereocenters. The minimum absolute atomic E-state index is 0.405.